The topological polar surface area (TPSA) is 65.1 Å². The molecule has 2 aliphatic rings. The number of likely N-dealkylation sites (tertiary alicyclic amines) is 1. The summed E-state index contributed by atoms with van der Waals surface area (Å²) in [5, 5.41) is 2.92. The molecule has 7 nitrogen and oxygen atoms in total. The molecule has 2 fully saturated rings. The van der Waals surface area contributed by atoms with Crippen LogP contribution in [0, 0.1) is 11.7 Å². The zero-order valence-electron chi connectivity index (χ0n) is 18.0. The van der Waals surface area contributed by atoms with Crippen molar-refractivity contribution < 1.29 is 23.1 Å². The van der Waals surface area contributed by atoms with Gasteiger partial charge < -0.3 is 15.0 Å². The fraction of sp³-hybridized carbons (Fsp3) is 0.619. The van der Waals surface area contributed by atoms with Crippen LogP contribution in [0.15, 0.2) is 18.2 Å². The first-order valence-corrected chi connectivity index (χ1v) is 10.4. The Morgan fingerprint density at radius 2 is 1.84 bits per heavy atom. The minimum absolute atomic E-state index is 0. The van der Waals surface area contributed by atoms with E-state index in [0.29, 0.717) is 37.5 Å². The molecule has 2 unspecified atom stereocenters. The van der Waals surface area contributed by atoms with Crippen LogP contribution in [0.25, 0.3) is 0 Å². The van der Waals surface area contributed by atoms with Gasteiger partial charge in [-0.3, -0.25) is 19.4 Å². The van der Waals surface area contributed by atoms with E-state index in [1.54, 1.807) is 14.0 Å². The second-order valence-electron chi connectivity index (χ2n) is 7.71. The van der Waals surface area contributed by atoms with Gasteiger partial charge in [0.1, 0.15) is 24.8 Å². The first-order chi connectivity index (χ1) is 14.5. The van der Waals surface area contributed by atoms with Crippen molar-refractivity contribution in [3.8, 4) is 5.75 Å². The Kier molecular flexibility index (Phi) is 9.46. The van der Waals surface area contributed by atoms with Crippen molar-refractivity contribution in [1.29, 1.82) is 0 Å². The molecule has 2 atom stereocenters. The first kappa shape index (κ1) is 25.3. The number of anilines is 1. The molecule has 3 rings (SSSR count). The Balaban J connectivity index is 0.00000341. The zero-order valence-corrected chi connectivity index (χ0v) is 18.8. The van der Waals surface area contributed by atoms with Crippen molar-refractivity contribution in [2.24, 2.45) is 5.92 Å². The van der Waals surface area contributed by atoms with Crippen molar-refractivity contribution in [2.75, 3.05) is 64.5 Å². The predicted octanol–water partition coefficient (Wildman–Crippen LogP) is 1.70. The number of amides is 2. The predicted molar refractivity (Wildman–Crippen MR) is 117 cm³/mol. The number of carbonyl (C=O) groups is 2. The third-order valence-electron chi connectivity index (χ3n) is 5.82. The van der Waals surface area contributed by atoms with E-state index in [2.05, 4.69) is 10.2 Å². The van der Waals surface area contributed by atoms with E-state index in [1.165, 1.54) is 23.1 Å². The number of hydrogen-bond acceptors (Lipinski definition) is 6. The van der Waals surface area contributed by atoms with Crippen molar-refractivity contribution in [3.05, 3.63) is 24.0 Å². The average molecular weight is 461 g/mol. The van der Waals surface area contributed by atoms with Gasteiger partial charge in [0.05, 0.1) is 17.6 Å². The number of nitrogens with zero attached hydrogens (tertiary/aromatic N) is 3. The number of benzene rings is 1. The Labute approximate surface area is 188 Å². The number of rotatable bonds is 9. The standard InChI is InChI=1S/C21H30F2N4O3.ClH/c1-15-19(24-2)21(29)27(20(15)28)8-3-7-25-9-11-26(12-10-25)17-14-16(23)4-5-18(17)30-13-6-22;/h4-5,14-15,19,24H,3,6-13H2,1-2H3;1H. The quantitative estimate of drug-likeness (QED) is 0.566. The fourth-order valence-electron chi connectivity index (χ4n) is 4.15. The molecule has 1 aromatic carbocycles. The molecular formula is C21H31ClF2N4O3. The highest BCUT2D eigenvalue weighted by atomic mass is 35.5. The molecule has 2 aliphatic heterocycles. The Hall–Kier alpha value is -1.97. The van der Waals surface area contributed by atoms with Gasteiger partial charge >= 0.3 is 0 Å². The van der Waals surface area contributed by atoms with Crippen molar-refractivity contribution in [2.45, 2.75) is 19.4 Å². The van der Waals surface area contributed by atoms with E-state index in [0.717, 1.165) is 19.6 Å². The summed E-state index contributed by atoms with van der Waals surface area (Å²) in [6.07, 6.45) is 0.714. The molecule has 1 aromatic rings. The molecule has 0 saturated carbocycles. The van der Waals surface area contributed by atoms with Crippen LogP contribution in [0.3, 0.4) is 0 Å². The largest absolute Gasteiger partial charge is 0.489 e. The fourth-order valence-corrected chi connectivity index (χ4v) is 4.15. The van der Waals surface area contributed by atoms with Crippen LogP contribution < -0.4 is 15.0 Å². The average Bonchev–Trinajstić information content (AvgIpc) is 2.96. The van der Waals surface area contributed by atoms with Crippen molar-refractivity contribution in [3.63, 3.8) is 0 Å². The lowest BCUT2D eigenvalue weighted by Gasteiger charge is -2.36. The maximum atomic E-state index is 13.7. The molecule has 0 aliphatic carbocycles. The van der Waals surface area contributed by atoms with E-state index < -0.39 is 12.7 Å². The van der Waals surface area contributed by atoms with Crippen molar-refractivity contribution in [1.82, 2.24) is 15.1 Å². The Morgan fingerprint density at radius 3 is 2.45 bits per heavy atom. The summed E-state index contributed by atoms with van der Waals surface area (Å²) in [4.78, 5) is 30.3. The van der Waals surface area contributed by atoms with Gasteiger partial charge in [-0.15, -0.1) is 12.4 Å². The minimum Gasteiger partial charge on any atom is -0.489 e. The summed E-state index contributed by atoms with van der Waals surface area (Å²) >= 11 is 0. The number of likely N-dealkylation sites (N-methyl/N-ethyl adjacent to an activating group) is 1. The molecule has 0 spiro atoms. The molecule has 0 radical (unpaired) electrons. The SMILES string of the molecule is CNC1C(=O)N(CCCN2CCN(c3cc(F)ccc3OCCF)CC2)C(=O)C1C.Cl. The van der Waals surface area contributed by atoms with Crippen LogP contribution >= 0.6 is 12.4 Å². The zero-order chi connectivity index (χ0) is 21.7. The molecule has 0 bridgehead atoms. The van der Waals surface area contributed by atoms with E-state index >= 15 is 0 Å². The van der Waals surface area contributed by atoms with Gasteiger partial charge in [-0.2, -0.15) is 0 Å². The number of nitrogens with one attached hydrogen (secondary N) is 1. The number of imide groups is 1. The van der Waals surface area contributed by atoms with Gasteiger partial charge in [-0.25, -0.2) is 8.78 Å². The van der Waals surface area contributed by atoms with Crippen LogP contribution in [-0.2, 0) is 9.59 Å². The Bertz CT molecular complexity index is 762. The molecule has 1 N–H and O–H groups in total. The van der Waals surface area contributed by atoms with Crippen LogP contribution in [-0.4, -0.2) is 87.3 Å². The maximum Gasteiger partial charge on any atom is 0.247 e. The van der Waals surface area contributed by atoms with E-state index in [9.17, 15) is 18.4 Å². The van der Waals surface area contributed by atoms with E-state index in [1.807, 2.05) is 4.90 Å². The van der Waals surface area contributed by atoms with Gasteiger partial charge in [-0.05, 0) is 32.1 Å². The highest BCUT2D eigenvalue weighted by molar-refractivity contribution is 6.06. The number of piperazine rings is 1. The van der Waals surface area contributed by atoms with E-state index in [-0.39, 0.29) is 42.6 Å². The number of carbonyl (C=O) groups excluding carboxylic acids is 2. The number of alkyl halides is 1. The second kappa shape index (κ2) is 11.6. The summed E-state index contributed by atoms with van der Waals surface area (Å²) in [5.41, 5.74) is 0.642. The van der Waals surface area contributed by atoms with Gasteiger partial charge in [0, 0.05) is 38.8 Å². The molecule has 31 heavy (non-hydrogen) atoms. The lowest BCUT2D eigenvalue weighted by Crippen LogP contribution is -2.47. The molecular weight excluding hydrogens is 430 g/mol. The summed E-state index contributed by atoms with van der Waals surface area (Å²) < 4.78 is 31.6. The summed E-state index contributed by atoms with van der Waals surface area (Å²) in [5.74, 6) is -0.454. The molecule has 2 amide bonds. The lowest BCUT2D eigenvalue weighted by molar-refractivity contribution is -0.139. The molecule has 0 aromatic heterocycles. The summed E-state index contributed by atoms with van der Waals surface area (Å²) in [6.45, 7) is 5.25. The molecule has 10 heteroatoms. The molecule has 2 saturated heterocycles. The maximum absolute atomic E-state index is 13.7. The third kappa shape index (κ3) is 5.84. The van der Waals surface area contributed by atoms with Crippen LogP contribution in [0.2, 0.25) is 0 Å². The number of halogens is 3. The highest BCUT2D eigenvalue weighted by Crippen LogP contribution is 2.30. The molecule has 174 valence electrons. The molecule has 2 heterocycles. The van der Waals surface area contributed by atoms with Gasteiger partial charge in [0.2, 0.25) is 11.8 Å². The van der Waals surface area contributed by atoms with E-state index in [4.69, 9.17) is 4.74 Å². The Morgan fingerprint density at radius 1 is 1.13 bits per heavy atom. The number of hydrogen-bond donors (Lipinski definition) is 1. The van der Waals surface area contributed by atoms with Crippen LogP contribution in [0.1, 0.15) is 13.3 Å². The summed E-state index contributed by atoms with van der Waals surface area (Å²) in [6, 6.07) is 3.85. The van der Waals surface area contributed by atoms with Gasteiger partial charge in [0.15, 0.2) is 0 Å². The lowest BCUT2D eigenvalue weighted by atomic mass is 10.1. The third-order valence-corrected chi connectivity index (χ3v) is 5.82. The van der Waals surface area contributed by atoms with Crippen LogP contribution in [0.4, 0.5) is 14.5 Å². The van der Waals surface area contributed by atoms with Gasteiger partial charge in [0.25, 0.3) is 0 Å². The van der Waals surface area contributed by atoms with Crippen molar-refractivity contribution >= 4 is 29.9 Å². The normalized spacial score (nSPS) is 22.1. The van der Waals surface area contributed by atoms with Gasteiger partial charge in [-0.1, -0.05) is 6.92 Å². The summed E-state index contributed by atoms with van der Waals surface area (Å²) in [7, 11) is 1.70. The van der Waals surface area contributed by atoms with Crippen LogP contribution in [0.5, 0.6) is 5.75 Å². The number of ether oxygens (including phenoxy) is 1. The smallest absolute Gasteiger partial charge is 0.247 e. The highest BCUT2D eigenvalue weighted by Gasteiger charge is 2.43. The minimum atomic E-state index is -0.597. The monoisotopic (exact) mass is 460 g/mol. The second-order valence-corrected chi connectivity index (χ2v) is 7.71. The first-order valence-electron chi connectivity index (χ1n) is 10.4.